The first-order valence-corrected chi connectivity index (χ1v) is 12.7. The summed E-state index contributed by atoms with van der Waals surface area (Å²) >= 11 is 0. The summed E-state index contributed by atoms with van der Waals surface area (Å²) in [5.41, 5.74) is 0. The summed E-state index contributed by atoms with van der Waals surface area (Å²) in [5.74, 6) is -35.0. The number of hydrogen-bond donors (Lipinski definition) is 2. The molecule has 3 N–H and O–H groups in total. The Hall–Kier alpha value is -2.34. The minimum atomic E-state index is -7.03. The van der Waals surface area contributed by atoms with Crippen molar-refractivity contribution in [3.05, 3.63) is 11.6 Å². The van der Waals surface area contributed by atoms with Crippen molar-refractivity contribution in [1.82, 2.24) is 19.9 Å². The fourth-order valence-corrected chi connectivity index (χ4v) is 2.75. The Kier molecular flexibility index (Phi) is 13.2. The fraction of sp³-hybridized carbons (Fsp3) is 0.833. The van der Waals surface area contributed by atoms with Crippen LogP contribution in [0.5, 0.6) is 0 Å². The largest absolute Gasteiger partial charge is 0.736 e. The van der Waals surface area contributed by atoms with E-state index in [0.717, 1.165) is 0 Å². The van der Waals surface area contributed by atoms with Gasteiger partial charge in [0.2, 0.25) is 17.6 Å². The van der Waals surface area contributed by atoms with Crippen LogP contribution in [0.4, 0.5) is 67.4 Å². The molecule has 9 nitrogen and oxygen atoms in total. The Labute approximate surface area is 228 Å². The molecule has 0 spiro atoms. The predicted molar refractivity (Wildman–Crippen MR) is 114 cm³/mol. The topological polar surface area (TPSA) is 137 Å². The molecular weight excluding hydrogens is 646 g/mol. The van der Waals surface area contributed by atoms with Crippen molar-refractivity contribution in [3.63, 3.8) is 0 Å². The summed E-state index contributed by atoms with van der Waals surface area (Å²) in [4.78, 5) is 8.78. The summed E-state index contributed by atoms with van der Waals surface area (Å²) in [5, 5.41) is 5.64. The van der Waals surface area contributed by atoms with Crippen LogP contribution in [0.25, 0.3) is 0 Å². The highest BCUT2D eigenvalue weighted by Gasteiger charge is 2.77. The number of nitrogens with two attached hydrogens (primary N) is 1. The smallest absolute Gasteiger partial charge is 0.460 e. The van der Waals surface area contributed by atoms with Gasteiger partial charge in [0.1, 0.15) is 0 Å². The minimum Gasteiger partial charge on any atom is -0.736 e. The summed E-state index contributed by atoms with van der Waals surface area (Å²) < 4.78 is 211. The lowest BCUT2D eigenvalue weighted by Gasteiger charge is -2.29. The van der Waals surface area contributed by atoms with Gasteiger partial charge >= 0.3 is 36.0 Å². The Morgan fingerprint density at radius 3 is 1.38 bits per heavy atom. The Bertz CT molecular complexity index is 1050. The van der Waals surface area contributed by atoms with E-state index in [1.54, 1.807) is 4.98 Å². The van der Waals surface area contributed by atoms with Crippen molar-refractivity contribution >= 4 is 16.3 Å². The highest BCUT2D eigenvalue weighted by Crippen LogP contribution is 2.53. The molecule has 0 aliphatic carbocycles. The van der Waals surface area contributed by atoms with Gasteiger partial charge in [0.15, 0.2) is 10.3 Å². The average Bonchev–Trinajstić information content (AvgIpc) is 2.80. The first kappa shape index (κ1) is 39.7. The predicted octanol–water partition coefficient (Wildman–Crippen LogP) is 4.78. The highest BCUT2D eigenvalue weighted by molar-refractivity contribution is 7.83. The molecule has 0 amide bonds. The first-order valence-electron chi connectivity index (χ1n) is 11.2. The quantitative estimate of drug-likeness (QED) is 0.174. The lowest BCUT2D eigenvalue weighted by atomic mass is 10.1. The number of rotatable bonds is 13. The molecule has 1 aromatic heterocycles. The van der Waals surface area contributed by atoms with E-state index in [4.69, 9.17) is 13.0 Å². The van der Waals surface area contributed by atoms with Gasteiger partial charge in [-0.3, -0.25) is 0 Å². The van der Waals surface area contributed by atoms with Gasteiger partial charge in [0.05, 0.1) is 0 Å². The van der Waals surface area contributed by atoms with E-state index >= 15 is 0 Å². The van der Waals surface area contributed by atoms with Gasteiger partial charge in [-0.25, -0.2) is 18.5 Å². The normalized spacial score (nSPS) is 14.1. The zero-order chi connectivity index (χ0) is 33.6. The molecule has 0 fully saturated rings. The zero-order valence-electron chi connectivity index (χ0n) is 21.2. The maximum absolute atomic E-state index is 14.0. The molecular formula is C18H23F14N6O3S-. The van der Waals surface area contributed by atoms with E-state index in [9.17, 15) is 61.5 Å². The van der Waals surface area contributed by atoms with Gasteiger partial charge in [0, 0.05) is 6.54 Å². The van der Waals surface area contributed by atoms with Crippen LogP contribution in [0.3, 0.4) is 0 Å². The van der Waals surface area contributed by atoms with Crippen molar-refractivity contribution in [2.24, 2.45) is 5.14 Å². The molecule has 24 heteroatoms. The third-order valence-corrected chi connectivity index (χ3v) is 5.03. The summed E-state index contributed by atoms with van der Waals surface area (Å²) in [7, 11) is -4.42. The maximum Gasteiger partial charge on any atom is 0.460 e. The highest BCUT2D eigenvalue weighted by atomic mass is 32.2. The van der Waals surface area contributed by atoms with Crippen LogP contribution in [-0.4, -0.2) is 83.2 Å². The summed E-state index contributed by atoms with van der Waals surface area (Å²) in [6.45, 7) is 5.33. The average molecular weight is 669 g/mol. The Morgan fingerprint density at radius 1 is 0.714 bits per heavy atom. The molecule has 0 radical (unpaired) electrons. The molecule has 0 bridgehead atoms. The standard InChI is InChI=1S/C18H21F14N5.H3NO3S/c1-3-37(4-2)9-7-5-6-8-33-12-35-10(13(19,20)15(23,24)17(27,28)29)34-11(36-12)14(21,22)16(25,26)18(30,31)32;1-5(2,3)4/h3-9H2,1-2H3,(H,33,34,35,36);(H3,1,2,3,4)/p-1. The van der Waals surface area contributed by atoms with E-state index in [0.29, 0.717) is 32.5 Å². The molecule has 1 heterocycles. The van der Waals surface area contributed by atoms with Crippen LogP contribution in [0.15, 0.2) is 0 Å². The third kappa shape index (κ3) is 10.1. The lowest BCUT2D eigenvalue weighted by Crippen LogP contribution is -2.52. The summed E-state index contributed by atoms with van der Waals surface area (Å²) in [6, 6.07) is 0. The molecule has 42 heavy (non-hydrogen) atoms. The minimum absolute atomic E-state index is 0.0851. The molecule has 0 saturated carbocycles. The second-order valence-electron chi connectivity index (χ2n) is 8.11. The number of nitrogens with one attached hydrogen (secondary N) is 1. The number of hydrogen-bond acceptors (Lipinski definition) is 8. The summed E-state index contributed by atoms with van der Waals surface area (Å²) in [6.07, 6.45) is -13.0. The van der Waals surface area contributed by atoms with Crippen LogP contribution in [0.1, 0.15) is 44.8 Å². The number of unbranched alkanes of at least 4 members (excludes halogenated alkanes) is 2. The van der Waals surface area contributed by atoms with Crippen molar-refractivity contribution in [2.45, 2.75) is 69.2 Å². The van der Waals surface area contributed by atoms with Crippen LogP contribution in [0, 0.1) is 0 Å². The Balaban J connectivity index is 0.00000308. The van der Waals surface area contributed by atoms with Gasteiger partial charge in [-0.2, -0.15) is 71.4 Å². The number of nitrogens with zero attached hydrogens (tertiary/aromatic N) is 4. The lowest BCUT2D eigenvalue weighted by molar-refractivity contribution is -0.364. The SMILES string of the molecule is CCN(CC)CCCCCNc1nc(C(F)(F)C(F)(F)C(F)(F)F)nc(C(F)(F)C(F)(F)C(F)(F)F)n1.NS(=O)(=O)[O-]. The van der Waals surface area contributed by atoms with Crippen molar-refractivity contribution in [1.29, 1.82) is 0 Å². The van der Waals surface area contributed by atoms with E-state index in [1.807, 2.05) is 24.1 Å². The van der Waals surface area contributed by atoms with Crippen molar-refractivity contribution in [2.75, 3.05) is 31.5 Å². The number of halogens is 14. The molecule has 0 aliphatic heterocycles. The molecule has 1 rings (SSSR count). The van der Waals surface area contributed by atoms with E-state index < -0.39 is 70.5 Å². The van der Waals surface area contributed by atoms with Gasteiger partial charge in [-0.15, -0.1) is 0 Å². The van der Waals surface area contributed by atoms with E-state index in [2.05, 4.69) is 15.1 Å². The monoisotopic (exact) mass is 669 g/mol. The van der Waals surface area contributed by atoms with Crippen molar-refractivity contribution < 1.29 is 74.4 Å². The third-order valence-electron chi connectivity index (χ3n) is 5.03. The molecule has 0 aliphatic rings. The van der Waals surface area contributed by atoms with Gasteiger partial charge in [-0.1, -0.05) is 20.3 Å². The molecule has 0 aromatic carbocycles. The maximum atomic E-state index is 14.0. The second-order valence-corrected chi connectivity index (χ2v) is 9.09. The van der Waals surface area contributed by atoms with Gasteiger partial charge < -0.3 is 14.8 Å². The van der Waals surface area contributed by atoms with Crippen LogP contribution in [-0.2, 0) is 22.1 Å². The number of anilines is 1. The number of aromatic nitrogens is 3. The van der Waals surface area contributed by atoms with Crippen LogP contribution >= 0.6 is 0 Å². The van der Waals surface area contributed by atoms with E-state index in [1.165, 1.54) is 0 Å². The Morgan fingerprint density at radius 2 is 1.07 bits per heavy atom. The molecule has 0 unspecified atom stereocenters. The first-order chi connectivity index (χ1) is 18.6. The molecule has 0 atom stereocenters. The van der Waals surface area contributed by atoms with Crippen LogP contribution in [0.2, 0.25) is 0 Å². The van der Waals surface area contributed by atoms with Crippen molar-refractivity contribution in [3.8, 4) is 0 Å². The second kappa shape index (κ2) is 14.0. The molecule has 0 saturated heterocycles. The fourth-order valence-electron chi connectivity index (χ4n) is 2.75. The molecule has 248 valence electrons. The van der Waals surface area contributed by atoms with Gasteiger partial charge in [-0.05, 0) is 32.5 Å². The van der Waals surface area contributed by atoms with Crippen LogP contribution < -0.4 is 10.5 Å². The van der Waals surface area contributed by atoms with Gasteiger partial charge in [0.25, 0.3) is 0 Å². The zero-order valence-corrected chi connectivity index (χ0v) is 22.1. The number of alkyl halides is 14. The molecule has 1 aromatic rings. The van der Waals surface area contributed by atoms with E-state index in [-0.39, 0.29) is 6.42 Å².